The van der Waals surface area contributed by atoms with E-state index >= 15 is 0 Å². The van der Waals surface area contributed by atoms with Crippen molar-refractivity contribution in [1.82, 2.24) is 20.3 Å². The topological polar surface area (TPSA) is 65.6 Å². The monoisotopic (exact) mass is 520 g/mol. The average Bonchev–Trinajstić information content (AvgIpc) is 2.92. The second-order valence-corrected chi connectivity index (χ2v) is 10.3. The van der Waals surface area contributed by atoms with Gasteiger partial charge in [0.25, 0.3) is 0 Å². The number of para-hydroxylation sites is 1. The molecule has 1 aromatic heterocycles. The van der Waals surface area contributed by atoms with Crippen LogP contribution < -0.4 is 15.5 Å². The van der Waals surface area contributed by atoms with Crippen molar-refractivity contribution < 1.29 is 4.84 Å². The number of aromatic nitrogens is 2. The lowest BCUT2D eigenvalue weighted by molar-refractivity contribution is -0.151. The Hall–Kier alpha value is -2.74. The number of fused-ring (bicyclic) bond motifs is 1. The van der Waals surface area contributed by atoms with Crippen LogP contribution in [0.15, 0.2) is 48.5 Å². The van der Waals surface area contributed by atoms with Crippen molar-refractivity contribution in [3.63, 3.8) is 0 Å². The van der Waals surface area contributed by atoms with Gasteiger partial charge in [-0.25, -0.2) is 4.98 Å². The summed E-state index contributed by atoms with van der Waals surface area (Å²) in [6, 6.07) is 17.6. The van der Waals surface area contributed by atoms with E-state index in [1.165, 1.54) is 24.0 Å². The number of rotatable bonds is 13. The predicted molar refractivity (Wildman–Crippen MR) is 161 cm³/mol. The van der Waals surface area contributed by atoms with Crippen molar-refractivity contribution in [2.45, 2.75) is 66.0 Å². The number of hydroxylamine groups is 2. The van der Waals surface area contributed by atoms with Gasteiger partial charge in [0.2, 0.25) is 5.95 Å². The molecule has 208 valence electrons. The lowest BCUT2D eigenvalue weighted by atomic mass is 9.86. The molecule has 0 saturated heterocycles. The van der Waals surface area contributed by atoms with Gasteiger partial charge in [-0.05, 0) is 67.8 Å². The van der Waals surface area contributed by atoms with E-state index in [1.807, 2.05) is 31.3 Å². The molecule has 0 bridgehead atoms. The van der Waals surface area contributed by atoms with Crippen molar-refractivity contribution in [2.75, 3.05) is 50.6 Å². The minimum absolute atomic E-state index is 0. The summed E-state index contributed by atoms with van der Waals surface area (Å²) < 4.78 is 0. The lowest BCUT2D eigenvalue weighted by Crippen LogP contribution is -2.31. The summed E-state index contributed by atoms with van der Waals surface area (Å²) in [6.07, 6.45) is 5.71. The largest absolute Gasteiger partial charge is 0.362 e. The molecule has 7 nitrogen and oxygen atoms in total. The Morgan fingerprint density at radius 1 is 0.895 bits per heavy atom. The number of hydrogen-bond acceptors (Lipinski definition) is 7. The van der Waals surface area contributed by atoms with E-state index < -0.39 is 0 Å². The molecule has 0 unspecified atom stereocenters. The standard InChI is InChI=1S/C30H44N6O.CH4/c1-5-36(6-2)37-20-19-23-11-13-24(14-12-23)21-31-22-25-15-17-26(18-16-25)32-30-33-28-10-8-7-9-27(28)29(34-30)35(3)4;/h7-14,25-26,31H,5-6,15-22H2,1-4H3,(H,32,33,34);1H4. The van der Waals surface area contributed by atoms with Crippen molar-refractivity contribution in [3.8, 4) is 0 Å². The second-order valence-electron chi connectivity index (χ2n) is 10.3. The minimum atomic E-state index is 0. The summed E-state index contributed by atoms with van der Waals surface area (Å²) in [6.45, 7) is 8.83. The number of anilines is 2. The van der Waals surface area contributed by atoms with E-state index in [4.69, 9.17) is 14.8 Å². The molecule has 1 saturated carbocycles. The molecule has 2 aromatic carbocycles. The summed E-state index contributed by atoms with van der Waals surface area (Å²) in [7, 11) is 4.07. The number of nitrogens with zero attached hydrogens (tertiary/aromatic N) is 4. The second kappa shape index (κ2) is 15.0. The van der Waals surface area contributed by atoms with E-state index in [0.29, 0.717) is 6.04 Å². The Balaban J connectivity index is 0.00000400. The maximum Gasteiger partial charge on any atom is 0.225 e. The normalized spacial score (nSPS) is 17.4. The van der Waals surface area contributed by atoms with Crippen LogP contribution in [0.3, 0.4) is 0 Å². The summed E-state index contributed by atoms with van der Waals surface area (Å²) in [4.78, 5) is 17.4. The molecule has 3 aromatic rings. The Morgan fingerprint density at radius 2 is 1.58 bits per heavy atom. The zero-order chi connectivity index (χ0) is 26.0. The Kier molecular flexibility index (Phi) is 11.8. The first-order chi connectivity index (χ1) is 18.1. The zero-order valence-electron chi connectivity index (χ0n) is 23.0. The highest BCUT2D eigenvalue weighted by atomic mass is 16.7. The van der Waals surface area contributed by atoms with Crippen LogP contribution in [0.5, 0.6) is 0 Å². The molecule has 0 atom stereocenters. The van der Waals surface area contributed by atoms with Gasteiger partial charge in [0.05, 0.1) is 12.1 Å². The van der Waals surface area contributed by atoms with Crippen molar-refractivity contribution in [2.24, 2.45) is 5.92 Å². The molecule has 0 radical (unpaired) electrons. The van der Waals surface area contributed by atoms with E-state index in [-0.39, 0.29) is 7.43 Å². The number of nitrogens with one attached hydrogen (secondary N) is 2. The molecule has 0 amide bonds. The van der Waals surface area contributed by atoms with Gasteiger partial charge in [-0.1, -0.05) is 57.7 Å². The molecule has 38 heavy (non-hydrogen) atoms. The summed E-state index contributed by atoms with van der Waals surface area (Å²) in [5.41, 5.74) is 3.66. The molecule has 4 rings (SSSR count). The molecule has 1 fully saturated rings. The van der Waals surface area contributed by atoms with Crippen LogP contribution in [0, 0.1) is 5.92 Å². The third-order valence-corrected chi connectivity index (χ3v) is 7.34. The van der Waals surface area contributed by atoms with Gasteiger partial charge in [-0.15, -0.1) is 0 Å². The zero-order valence-corrected chi connectivity index (χ0v) is 23.0. The molecule has 1 aliphatic rings. The highest BCUT2D eigenvalue weighted by Crippen LogP contribution is 2.28. The Bertz CT molecular complexity index is 1090. The van der Waals surface area contributed by atoms with E-state index in [9.17, 15) is 0 Å². The fourth-order valence-electron chi connectivity index (χ4n) is 5.10. The maximum atomic E-state index is 5.79. The van der Waals surface area contributed by atoms with E-state index in [1.54, 1.807) is 0 Å². The first kappa shape index (κ1) is 29.8. The van der Waals surface area contributed by atoms with Crippen LogP contribution in [0.2, 0.25) is 0 Å². The molecule has 7 heteroatoms. The van der Waals surface area contributed by atoms with E-state index in [2.05, 4.69) is 65.8 Å². The predicted octanol–water partition coefficient (Wildman–Crippen LogP) is 5.91. The summed E-state index contributed by atoms with van der Waals surface area (Å²) >= 11 is 0. The van der Waals surface area contributed by atoms with Gasteiger partial charge < -0.3 is 15.5 Å². The van der Waals surface area contributed by atoms with Crippen molar-refractivity contribution in [3.05, 3.63) is 59.7 Å². The highest BCUT2D eigenvalue weighted by molar-refractivity contribution is 5.90. The maximum absolute atomic E-state index is 5.79. The molecular weight excluding hydrogens is 472 g/mol. The smallest absolute Gasteiger partial charge is 0.225 e. The van der Waals surface area contributed by atoms with Crippen LogP contribution >= 0.6 is 0 Å². The van der Waals surface area contributed by atoms with Gasteiger partial charge in [0.15, 0.2) is 0 Å². The van der Waals surface area contributed by atoms with Gasteiger partial charge in [0.1, 0.15) is 5.82 Å². The fraction of sp³-hybridized carbons (Fsp3) is 0.548. The number of benzene rings is 2. The number of hydrogen-bond donors (Lipinski definition) is 2. The summed E-state index contributed by atoms with van der Waals surface area (Å²) in [5.74, 6) is 2.43. The molecule has 1 heterocycles. The third-order valence-electron chi connectivity index (χ3n) is 7.34. The van der Waals surface area contributed by atoms with Crippen LogP contribution in [-0.4, -0.2) is 61.4 Å². The van der Waals surface area contributed by atoms with Crippen LogP contribution in [0.1, 0.15) is 58.1 Å². The minimum Gasteiger partial charge on any atom is -0.362 e. The highest BCUT2D eigenvalue weighted by Gasteiger charge is 2.22. The molecule has 0 aliphatic heterocycles. The van der Waals surface area contributed by atoms with Gasteiger partial charge in [0, 0.05) is 45.2 Å². The first-order valence-electron chi connectivity index (χ1n) is 13.9. The molecule has 0 spiro atoms. The molecule has 2 N–H and O–H groups in total. The van der Waals surface area contributed by atoms with Gasteiger partial charge in [-0.3, -0.25) is 4.84 Å². The third kappa shape index (κ3) is 8.38. The quantitative estimate of drug-likeness (QED) is 0.272. The van der Waals surface area contributed by atoms with Crippen molar-refractivity contribution in [1.29, 1.82) is 0 Å². The SMILES string of the molecule is C.CCN(CC)OCCc1ccc(CNCC2CCC(Nc3nc(N(C)C)c4ccccc4n3)CC2)cc1. The summed E-state index contributed by atoms with van der Waals surface area (Å²) in [5, 5.41) is 10.4. The fourth-order valence-corrected chi connectivity index (χ4v) is 5.10. The first-order valence-corrected chi connectivity index (χ1v) is 13.9. The van der Waals surface area contributed by atoms with E-state index in [0.717, 1.165) is 80.6 Å². The molecular formula is C31H48N6O. The van der Waals surface area contributed by atoms with Crippen LogP contribution in [-0.2, 0) is 17.8 Å². The average molecular weight is 521 g/mol. The van der Waals surface area contributed by atoms with Gasteiger partial charge >= 0.3 is 0 Å². The Labute approximate surface area is 230 Å². The molecule has 1 aliphatic carbocycles. The van der Waals surface area contributed by atoms with Crippen molar-refractivity contribution >= 4 is 22.7 Å². The van der Waals surface area contributed by atoms with Crippen LogP contribution in [0.4, 0.5) is 11.8 Å². The van der Waals surface area contributed by atoms with Crippen LogP contribution in [0.25, 0.3) is 10.9 Å². The Morgan fingerprint density at radius 3 is 2.26 bits per heavy atom. The van der Waals surface area contributed by atoms with Gasteiger partial charge in [-0.2, -0.15) is 10.0 Å². The lowest BCUT2D eigenvalue weighted by Gasteiger charge is -2.29.